The van der Waals surface area contributed by atoms with Crippen LogP contribution >= 0.6 is 0 Å². The van der Waals surface area contributed by atoms with Crippen molar-refractivity contribution in [2.45, 2.75) is 26.2 Å². The summed E-state index contributed by atoms with van der Waals surface area (Å²) in [5.74, 6) is -0.131. The number of hydrogen-bond acceptors (Lipinski definition) is 1. The average molecular weight is 378 g/mol. The van der Waals surface area contributed by atoms with Gasteiger partial charge in [-0.1, -0.05) is 55.5 Å². The number of benzene rings is 3. The normalized spacial score (nSPS) is 12.3. The molecule has 0 aromatic heterocycles. The summed E-state index contributed by atoms with van der Waals surface area (Å²) in [6.45, 7) is 4.58. The molecule has 1 atom stereocenters. The molecule has 1 nitrogen and oxygen atoms in total. The molecule has 0 bridgehead atoms. The Kier molecular flexibility index (Phi) is 6.59. The average Bonchev–Trinajstić information content (AvgIpc) is 2.69. The van der Waals surface area contributed by atoms with Gasteiger partial charge in [-0.05, 0) is 66.3 Å². The molecule has 0 unspecified atom stereocenters. The second-order valence-corrected chi connectivity index (χ2v) is 6.82. The van der Waals surface area contributed by atoms with Crippen molar-refractivity contribution in [3.8, 4) is 5.75 Å². The summed E-state index contributed by atoms with van der Waals surface area (Å²) in [7, 11) is 0. The van der Waals surface area contributed by atoms with Crippen LogP contribution in [-0.4, -0.2) is 6.61 Å². The van der Waals surface area contributed by atoms with Gasteiger partial charge in [-0.2, -0.15) is 0 Å². The van der Waals surface area contributed by atoms with Crippen LogP contribution in [0.4, 0.5) is 8.78 Å². The lowest BCUT2D eigenvalue weighted by Crippen LogP contribution is -2.01. The third-order valence-electron chi connectivity index (χ3n) is 4.68. The van der Waals surface area contributed by atoms with Crippen molar-refractivity contribution in [3.63, 3.8) is 0 Å². The van der Waals surface area contributed by atoms with E-state index in [1.54, 1.807) is 6.08 Å². The Bertz CT molecular complexity index is 908. The maximum Gasteiger partial charge on any atom is 0.133 e. The molecule has 3 aromatic carbocycles. The second-order valence-electron chi connectivity index (χ2n) is 6.82. The Hall–Kier alpha value is -2.94. The van der Waals surface area contributed by atoms with Gasteiger partial charge in [-0.25, -0.2) is 8.78 Å². The monoisotopic (exact) mass is 378 g/mol. The Balaban J connectivity index is 1.74. The van der Waals surface area contributed by atoms with Gasteiger partial charge in [-0.15, -0.1) is 0 Å². The van der Waals surface area contributed by atoms with Gasteiger partial charge in [0.15, 0.2) is 0 Å². The molecule has 0 fully saturated rings. The van der Waals surface area contributed by atoms with Gasteiger partial charge in [0.1, 0.15) is 17.4 Å². The molecule has 28 heavy (non-hydrogen) atoms. The fourth-order valence-electron chi connectivity index (χ4n) is 3.19. The number of halogens is 2. The SMILES string of the molecule is CCOc1ccc(C=Cc2c(F)cc(C[C@H](C)c3ccccc3)cc2F)cc1. The van der Waals surface area contributed by atoms with Gasteiger partial charge in [-0.3, -0.25) is 0 Å². The highest BCUT2D eigenvalue weighted by atomic mass is 19.1. The van der Waals surface area contributed by atoms with E-state index in [-0.39, 0.29) is 11.5 Å². The van der Waals surface area contributed by atoms with Crippen LogP contribution in [0.2, 0.25) is 0 Å². The number of rotatable bonds is 7. The van der Waals surface area contributed by atoms with E-state index in [9.17, 15) is 8.78 Å². The highest BCUT2D eigenvalue weighted by Crippen LogP contribution is 2.24. The van der Waals surface area contributed by atoms with Crippen LogP contribution in [0.5, 0.6) is 5.75 Å². The maximum absolute atomic E-state index is 14.5. The zero-order chi connectivity index (χ0) is 19.9. The first-order valence-electron chi connectivity index (χ1n) is 9.50. The molecule has 0 saturated carbocycles. The highest BCUT2D eigenvalue weighted by molar-refractivity contribution is 5.70. The van der Waals surface area contributed by atoms with Crippen LogP contribution in [0, 0.1) is 11.6 Å². The predicted molar refractivity (Wildman–Crippen MR) is 111 cm³/mol. The van der Waals surface area contributed by atoms with Crippen molar-refractivity contribution in [1.82, 2.24) is 0 Å². The smallest absolute Gasteiger partial charge is 0.133 e. The van der Waals surface area contributed by atoms with E-state index in [0.717, 1.165) is 16.9 Å². The molecule has 0 saturated heterocycles. The first kappa shape index (κ1) is 19.8. The quantitative estimate of drug-likeness (QED) is 0.407. The highest BCUT2D eigenvalue weighted by Gasteiger charge is 2.12. The molecular formula is C25H24F2O. The molecule has 3 aromatic rings. The summed E-state index contributed by atoms with van der Waals surface area (Å²) in [5, 5.41) is 0. The molecule has 0 N–H and O–H groups in total. The summed E-state index contributed by atoms with van der Waals surface area (Å²) in [4.78, 5) is 0. The van der Waals surface area contributed by atoms with E-state index in [0.29, 0.717) is 18.6 Å². The fourth-order valence-corrected chi connectivity index (χ4v) is 3.19. The first-order valence-corrected chi connectivity index (χ1v) is 9.50. The Morgan fingerprint density at radius 3 is 2.14 bits per heavy atom. The van der Waals surface area contributed by atoms with E-state index < -0.39 is 11.6 Å². The van der Waals surface area contributed by atoms with Gasteiger partial charge in [0.05, 0.1) is 6.61 Å². The van der Waals surface area contributed by atoms with Crippen molar-refractivity contribution in [2.24, 2.45) is 0 Å². The molecule has 144 valence electrons. The molecule has 0 heterocycles. The van der Waals surface area contributed by atoms with Crippen LogP contribution in [0.25, 0.3) is 12.2 Å². The fraction of sp³-hybridized carbons (Fsp3) is 0.200. The Labute approximate surface area is 165 Å². The molecule has 0 amide bonds. The third-order valence-corrected chi connectivity index (χ3v) is 4.68. The second kappa shape index (κ2) is 9.32. The summed E-state index contributed by atoms with van der Waals surface area (Å²) in [6.07, 6.45) is 3.76. The zero-order valence-electron chi connectivity index (χ0n) is 16.2. The predicted octanol–water partition coefficient (Wildman–Crippen LogP) is 6.88. The minimum absolute atomic E-state index is 0.0231. The molecule has 3 heteroatoms. The lowest BCUT2D eigenvalue weighted by molar-refractivity contribution is 0.340. The molecule has 0 aliphatic carbocycles. The van der Waals surface area contributed by atoms with Crippen LogP contribution in [0.3, 0.4) is 0 Å². The van der Waals surface area contributed by atoms with Gasteiger partial charge in [0.2, 0.25) is 0 Å². The van der Waals surface area contributed by atoms with Gasteiger partial charge >= 0.3 is 0 Å². The minimum Gasteiger partial charge on any atom is -0.494 e. The van der Waals surface area contributed by atoms with Crippen molar-refractivity contribution in [3.05, 3.63) is 101 Å². The molecule has 0 radical (unpaired) electrons. The van der Waals surface area contributed by atoms with Crippen LogP contribution in [0.15, 0.2) is 66.7 Å². The molecule has 3 rings (SSSR count). The Morgan fingerprint density at radius 2 is 1.54 bits per heavy atom. The molecule has 0 aliphatic heterocycles. The first-order chi connectivity index (χ1) is 13.6. The molecule has 0 spiro atoms. The number of ether oxygens (including phenoxy) is 1. The standard InChI is InChI=1S/C25H24F2O/c1-3-28-22-12-9-19(10-13-22)11-14-23-24(26)16-20(17-25(23)27)15-18(2)21-7-5-4-6-8-21/h4-14,16-18H,3,15H2,1-2H3/t18-/m0/s1. The summed E-state index contributed by atoms with van der Waals surface area (Å²) in [5.41, 5.74) is 2.64. The van der Waals surface area contributed by atoms with Crippen molar-refractivity contribution in [1.29, 1.82) is 0 Å². The van der Waals surface area contributed by atoms with E-state index in [1.165, 1.54) is 18.2 Å². The third kappa shape index (κ3) is 5.07. The van der Waals surface area contributed by atoms with Crippen molar-refractivity contribution in [2.75, 3.05) is 6.61 Å². The molecule has 0 aliphatic rings. The largest absolute Gasteiger partial charge is 0.494 e. The van der Waals surface area contributed by atoms with E-state index in [4.69, 9.17) is 4.74 Å². The maximum atomic E-state index is 14.5. The number of hydrogen-bond donors (Lipinski definition) is 0. The lowest BCUT2D eigenvalue weighted by atomic mass is 9.93. The van der Waals surface area contributed by atoms with Crippen LogP contribution in [0.1, 0.15) is 42.0 Å². The summed E-state index contributed by atoms with van der Waals surface area (Å²) in [6, 6.07) is 20.2. The van der Waals surface area contributed by atoms with E-state index >= 15 is 0 Å². The van der Waals surface area contributed by atoms with E-state index in [2.05, 4.69) is 6.92 Å². The molecular weight excluding hydrogens is 354 g/mol. The van der Waals surface area contributed by atoms with Crippen LogP contribution < -0.4 is 4.74 Å². The lowest BCUT2D eigenvalue weighted by Gasteiger charge is -2.13. The summed E-state index contributed by atoms with van der Waals surface area (Å²) < 4.78 is 34.4. The van der Waals surface area contributed by atoms with Gasteiger partial charge < -0.3 is 4.74 Å². The van der Waals surface area contributed by atoms with Crippen molar-refractivity contribution < 1.29 is 13.5 Å². The minimum atomic E-state index is -0.544. The van der Waals surface area contributed by atoms with Crippen LogP contribution in [-0.2, 0) is 6.42 Å². The summed E-state index contributed by atoms with van der Waals surface area (Å²) >= 11 is 0. The van der Waals surface area contributed by atoms with E-state index in [1.807, 2.05) is 61.5 Å². The van der Waals surface area contributed by atoms with Crippen molar-refractivity contribution >= 4 is 12.2 Å². The van der Waals surface area contributed by atoms with Gasteiger partial charge in [0.25, 0.3) is 0 Å². The van der Waals surface area contributed by atoms with Gasteiger partial charge in [0, 0.05) is 5.56 Å². The topological polar surface area (TPSA) is 9.23 Å². The zero-order valence-corrected chi connectivity index (χ0v) is 16.2. The Morgan fingerprint density at radius 1 is 0.893 bits per heavy atom.